The fourth-order valence-corrected chi connectivity index (χ4v) is 2.87. The van der Waals surface area contributed by atoms with E-state index in [4.69, 9.17) is 4.74 Å². The zero-order chi connectivity index (χ0) is 20.6. The second-order valence-corrected chi connectivity index (χ2v) is 6.61. The quantitative estimate of drug-likeness (QED) is 0.617. The van der Waals surface area contributed by atoms with Gasteiger partial charge in [-0.3, -0.25) is 9.59 Å². The number of hydrogen-bond donors (Lipinski definition) is 1. The summed E-state index contributed by atoms with van der Waals surface area (Å²) in [7, 11) is 0. The normalized spacial score (nSPS) is 10.3. The first-order chi connectivity index (χ1) is 14.0. The number of nitrogens with one attached hydrogen (secondary N) is 1. The Morgan fingerprint density at radius 2 is 1.48 bits per heavy atom. The number of para-hydroxylation sites is 1. The molecule has 1 N–H and O–H groups in total. The van der Waals surface area contributed by atoms with Crippen molar-refractivity contribution in [2.24, 2.45) is 0 Å². The maximum Gasteiger partial charge on any atom is 0.244 e. The molecule has 0 aliphatic carbocycles. The van der Waals surface area contributed by atoms with Crippen LogP contribution in [0.15, 0.2) is 78.9 Å². The lowest BCUT2D eigenvalue weighted by Gasteiger charge is -2.21. The molecule has 0 unspecified atom stereocenters. The number of benzene rings is 3. The monoisotopic (exact) mass is 388 g/mol. The molecule has 3 rings (SSSR count). The average molecular weight is 388 g/mol. The molecule has 0 aliphatic heterocycles. The number of hydrogen-bond acceptors (Lipinski definition) is 3. The molecular weight excluding hydrogens is 364 g/mol. The highest BCUT2D eigenvalue weighted by Crippen LogP contribution is 2.23. The molecule has 0 fully saturated rings. The number of carbonyl (C=O) groups excluding carboxylic acids is 2. The predicted octanol–water partition coefficient (Wildman–Crippen LogP) is 5.03. The van der Waals surface area contributed by atoms with Crippen molar-refractivity contribution in [2.45, 2.75) is 20.3 Å². The van der Waals surface area contributed by atoms with Crippen molar-refractivity contribution in [1.29, 1.82) is 0 Å². The van der Waals surface area contributed by atoms with Crippen LogP contribution in [0.3, 0.4) is 0 Å². The van der Waals surface area contributed by atoms with Crippen LogP contribution >= 0.6 is 0 Å². The van der Waals surface area contributed by atoms with E-state index in [1.54, 1.807) is 24.3 Å². The van der Waals surface area contributed by atoms with E-state index in [-0.39, 0.29) is 18.4 Å². The van der Waals surface area contributed by atoms with Crippen LogP contribution < -0.4 is 15.0 Å². The summed E-state index contributed by atoms with van der Waals surface area (Å²) in [4.78, 5) is 26.0. The van der Waals surface area contributed by atoms with Crippen LogP contribution in [0.4, 0.5) is 11.4 Å². The molecule has 0 aliphatic rings. The molecule has 0 radical (unpaired) electrons. The van der Waals surface area contributed by atoms with Gasteiger partial charge in [-0.15, -0.1) is 0 Å². The van der Waals surface area contributed by atoms with E-state index in [1.165, 1.54) is 17.4 Å². The molecule has 2 amide bonds. The molecule has 0 heterocycles. The number of anilines is 2. The van der Waals surface area contributed by atoms with Gasteiger partial charge < -0.3 is 15.0 Å². The van der Waals surface area contributed by atoms with E-state index in [2.05, 4.69) is 12.2 Å². The van der Waals surface area contributed by atoms with E-state index < -0.39 is 0 Å². The van der Waals surface area contributed by atoms with Crippen LogP contribution in [-0.2, 0) is 16.0 Å². The molecule has 0 spiro atoms. The smallest absolute Gasteiger partial charge is 0.244 e. The molecule has 3 aromatic carbocycles. The van der Waals surface area contributed by atoms with Crippen LogP contribution in [0.5, 0.6) is 11.5 Å². The number of carbonyl (C=O) groups is 2. The highest BCUT2D eigenvalue weighted by molar-refractivity contribution is 6.01. The molecular formula is C24H24N2O3. The molecule has 0 saturated carbocycles. The summed E-state index contributed by atoms with van der Waals surface area (Å²) in [5.74, 6) is 0.971. The van der Waals surface area contributed by atoms with Gasteiger partial charge in [-0.1, -0.05) is 37.3 Å². The fourth-order valence-electron chi connectivity index (χ4n) is 2.87. The highest BCUT2D eigenvalue weighted by atomic mass is 16.5. The Morgan fingerprint density at radius 3 is 2.07 bits per heavy atom. The van der Waals surface area contributed by atoms with E-state index in [0.29, 0.717) is 17.1 Å². The Bertz CT molecular complexity index is 952. The third-order valence-electron chi connectivity index (χ3n) is 4.46. The third kappa shape index (κ3) is 5.69. The Labute approximate surface area is 170 Å². The number of aryl methyl sites for hydroxylation is 1. The van der Waals surface area contributed by atoms with Crippen molar-refractivity contribution < 1.29 is 14.3 Å². The van der Waals surface area contributed by atoms with Crippen LogP contribution in [0.25, 0.3) is 0 Å². The Balaban J connectivity index is 1.61. The predicted molar refractivity (Wildman–Crippen MR) is 115 cm³/mol. The van der Waals surface area contributed by atoms with Crippen LogP contribution in [0.2, 0.25) is 0 Å². The van der Waals surface area contributed by atoms with Gasteiger partial charge in [0.1, 0.15) is 18.0 Å². The van der Waals surface area contributed by atoms with E-state index >= 15 is 0 Å². The van der Waals surface area contributed by atoms with Gasteiger partial charge >= 0.3 is 0 Å². The van der Waals surface area contributed by atoms with E-state index in [0.717, 1.165) is 12.2 Å². The van der Waals surface area contributed by atoms with E-state index in [1.807, 2.05) is 54.6 Å². The van der Waals surface area contributed by atoms with Crippen molar-refractivity contribution in [2.75, 3.05) is 16.8 Å². The first-order valence-electron chi connectivity index (χ1n) is 9.55. The van der Waals surface area contributed by atoms with Crippen molar-refractivity contribution in [3.8, 4) is 11.5 Å². The second kappa shape index (κ2) is 9.55. The largest absolute Gasteiger partial charge is 0.457 e. The number of rotatable bonds is 7. The van der Waals surface area contributed by atoms with Gasteiger partial charge in [0.05, 0.1) is 0 Å². The maximum atomic E-state index is 12.5. The van der Waals surface area contributed by atoms with Gasteiger partial charge in [0, 0.05) is 18.3 Å². The molecule has 0 bridgehead atoms. The average Bonchev–Trinajstić information content (AvgIpc) is 2.74. The number of ether oxygens (including phenoxy) is 1. The van der Waals surface area contributed by atoms with E-state index in [9.17, 15) is 9.59 Å². The Hall–Kier alpha value is -3.60. The first kappa shape index (κ1) is 20.1. The minimum Gasteiger partial charge on any atom is -0.457 e. The van der Waals surface area contributed by atoms with Crippen molar-refractivity contribution >= 4 is 23.2 Å². The van der Waals surface area contributed by atoms with Crippen LogP contribution in [0.1, 0.15) is 19.4 Å². The molecule has 5 heteroatoms. The molecule has 29 heavy (non-hydrogen) atoms. The SMILES string of the molecule is CCc1ccc(N(CC(=O)Nc2ccc(Oc3ccccc3)cc2)C(C)=O)cc1. The third-order valence-corrected chi connectivity index (χ3v) is 4.46. The zero-order valence-corrected chi connectivity index (χ0v) is 16.6. The topological polar surface area (TPSA) is 58.6 Å². The van der Waals surface area contributed by atoms with Gasteiger partial charge in [-0.05, 0) is 60.5 Å². The first-order valence-corrected chi connectivity index (χ1v) is 9.55. The van der Waals surface area contributed by atoms with Crippen molar-refractivity contribution in [3.63, 3.8) is 0 Å². The highest BCUT2D eigenvalue weighted by Gasteiger charge is 2.16. The second-order valence-electron chi connectivity index (χ2n) is 6.61. The van der Waals surface area contributed by atoms with Gasteiger partial charge in [-0.25, -0.2) is 0 Å². The summed E-state index contributed by atoms with van der Waals surface area (Å²) in [5.41, 5.74) is 2.52. The summed E-state index contributed by atoms with van der Waals surface area (Å²) in [6.45, 7) is 3.47. The van der Waals surface area contributed by atoms with Crippen LogP contribution in [-0.4, -0.2) is 18.4 Å². The minimum atomic E-state index is -0.267. The molecule has 0 atom stereocenters. The summed E-state index contributed by atoms with van der Waals surface area (Å²) >= 11 is 0. The standard InChI is InChI=1S/C24H24N2O3/c1-3-19-9-13-21(14-10-19)26(18(2)27)17-24(28)25-20-11-15-23(16-12-20)29-22-7-5-4-6-8-22/h4-16H,3,17H2,1-2H3,(H,25,28). The Kier molecular flexibility index (Phi) is 6.63. The molecule has 5 nitrogen and oxygen atoms in total. The lowest BCUT2D eigenvalue weighted by Crippen LogP contribution is -2.36. The minimum absolute atomic E-state index is 0.0525. The fraction of sp³-hybridized carbons (Fsp3) is 0.167. The van der Waals surface area contributed by atoms with Gasteiger partial charge in [0.25, 0.3) is 0 Å². The zero-order valence-electron chi connectivity index (χ0n) is 16.6. The summed E-state index contributed by atoms with van der Waals surface area (Å²) in [6.07, 6.45) is 0.921. The molecule has 3 aromatic rings. The number of amides is 2. The lowest BCUT2D eigenvalue weighted by molar-refractivity contribution is -0.120. The lowest BCUT2D eigenvalue weighted by atomic mass is 10.1. The molecule has 0 saturated heterocycles. The number of nitrogens with zero attached hydrogens (tertiary/aromatic N) is 1. The summed E-state index contributed by atoms with van der Waals surface area (Å²) < 4.78 is 5.75. The summed E-state index contributed by atoms with van der Waals surface area (Å²) in [5, 5.41) is 2.82. The Morgan fingerprint density at radius 1 is 0.862 bits per heavy atom. The van der Waals surface area contributed by atoms with Crippen molar-refractivity contribution in [1.82, 2.24) is 0 Å². The van der Waals surface area contributed by atoms with Crippen molar-refractivity contribution in [3.05, 3.63) is 84.4 Å². The molecule has 148 valence electrons. The summed E-state index contributed by atoms with van der Waals surface area (Å²) in [6, 6.07) is 24.3. The van der Waals surface area contributed by atoms with Gasteiger partial charge in [-0.2, -0.15) is 0 Å². The van der Waals surface area contributed by atoms with Gasteiger partial charge in [0.2, 0.25) is 11.8 Å². The maximum absolute atomic E-state index is 12.5. The van der Waals surface area contributed by atoms with Crippen LogP contribution in [0, 0.1) is 0 Å². The van der Waals surface area contributed by atoms with Gasteiger partial charge in [0.15, 0.2) is 0 Å². The molecule has 0 aromatic heterocycles.